The molecule has 1 aliphatic heterocycles. The van der Waals surface area contributed by atoms with E-state index >= 15 is 0 Å². The number of nitrogens with one attached hydrogen (secondary N) is 1. The van der Waals surface area contributed by atoms with Crippen LogP contribution >= 0.6 is 0 Å². The molecular formula is C16H22N4. The number of hydrogen-bond donors (Lipinski definition) is 1. The van der Waals surface area contributed by atoms with Gasteiger partial charge >= 0.3 is 0 Å². The highest BCUT2D eigenvalue weighted by atomic mass is 15.4. The van der Waals surface area contributed by atoms with Crippen molar-refractivity contribution in [3.8, 4) is 0 Å². The zero-order valence-corrected chi connectivity index (χ0v) is 12.3. The number of nitrogens with zero attached hydrogens (tertiary/aromatic N) is 3. The summed E-state index contributed by atoms with van der Waals surface area (Å²) in [7, 11) is 0. The summed E-state index contributed by atoms with van der Waals surface area (Å²) in [5.74, 6) is 2.07. The highest BCUT2D eigenvalue weighted by Crippen LogP contribution is 2.26. The van der Waals surface area contributed by atoms with Gasteiger partial charge in [-0.1, -0.05) is 32.0 Å². The third-order valence-electron chi connectivity index (χ3n) is 4.02. The second-order valence-corrected chi connectivity index (χ2v) is 5.33. The smallest absolute Gasteiger partial charge is 0.150 e. The topological polar surface area (TPSA) is 42.7 Å². The first-order valence-corrected chi connectivity index (χ1v) is 7.57. The molecule has 2 heterocycles. The van der Waals surface area contributed by atoms with Crippen molar-refractivity contribution in [2.45, 2.75) is 45.6 Å². The molecule has 0 bridgehead atoms. The number of aryl methyl sites for hydroxylation is 3. The Morgan fingerprint density at radius 1 is 1.25 bits per heavy atom. The molecule has 3 rings (SSSR count). The highest BCUT2D eigenvalue weighted by Gasteiger charge is 2.20. The average Bonchev–Trinajstić information content (AvgIpc) is 2.80. The van der Waals surface area contributed by atoms with Gasteiger partial charge in [-0.25, -0.2) is 9.67 Å². The molecule has 4 heteroatoms. The van der Waals surface area contributed by atoms with Gasteiger partial charge in [0, 0.05) is 25.1 Å². The molecule has 1 aliphatic rings. The van der Waals surface area contributed by atoms with E-state index in [1.54, 1.807) is 0 Å². The fourth-order valence-electron chi connectivity index (χ4n) is 2.86. The molecular weight excluding hydrogens is 248 g/mol. The Kier molecular flexibility index (Phi) is 3.72. The Morgan fingerprint density at radius 2 is 2.10 bits per heavy atom. The Labute approximate surface area is 120 Å². The molecule has 20 heavy (non-hydrogen) atoms. The second-order valence-electron chi connectivity index (χ2n) is 5.33. The van der Waals surface area contributed by atoms with Crippen molar-refractivity contribution < 1.29 is 0 Å². The number of anilines is 1. The van der Waals surface area contributed by atoms with Crippen molar-refractivity contribution in [1.29, 1.82) is 0 Å². The van der Waals surface area contributed by atoms with E-state index < -0.39 is 0 Å². The van der Waals surface area contributed by atoms with Crippen LogP contribution in [0.2, 0.25) is 0 Å². The summed E-state index contributed by atoms with van der Waals surface area (Å²) < 4.78 is 2.15. The Hall–Kier alpha value is -1.84. The number of para-hydroxylation sites is 1. The molecule has 0 saturated carbocycles. The van der Waals surface area contributed by atoms with Crippen molar-refractivity contribution in [2.24, 2.45) is 0 Å². The summed E-state index contributed by atoms with van der Waals surface area (Å²) in [6, 6.07) is 8.98. The molecule has 0 amide bonds. The van der Waals surface area contributed by atoms with Gasteiger partial charge in [-0.15, -0.1) is 0 Å². The van der Waals surface area contributed by atoms with Crippen LogP contribution in [-0.2, 0) is 19.3 Å². The first kappa shape index (κ1) is 13.2. The first-order chi connectivity index (χ1) is 9.81. The lowest BCUT2D eigenvalue weighted by atomic mass is 10.1. The van der Waals surface area contributed by atoms with E-state index in [0.717, 1.165) is 43.9 Å². The molecule has 1 N–H and O–H groups in total. The maximum absolute atomic E-state index is 4.69. The van der Waals surface area contributed by atoms with Gasteiger partial charge in [-0.05, 0) is 24.5 Å². The molecule has 0 spiro atoms. The molecule has 0 radical (unpaired) electrons. The van der Waals surface area contributed by atoms with Gasteiger partial charge in [0.15, 0.2) is 5.82 Å². The number of fused-ring (bicyclic) bond motifs is 1. The summed E-state index contributed by atoms with van der Waals surface area (Å²) in [5.41, 5.74) is 2.67. The normalized spacial score (nSPS) is 18.2. The van der Waals surface area contributed by atoms with E-state index in [1.807, 2.05) is 0 Å². The molecule has 2 aromatic rings. The van der Waals surface area contributed by atoms with Crippen LogP contribution in [0, 0.1) is 0 Å². The minimum Gasteiger partial charge on any atom is -0.383 e. The van der Waals surface area contributed by atoms with E-state index in [4.69, 9.17) is 5.10 Å². The van der Waals surface area contributed by atoms with Crippen molar-refractivity contribution in [3.63, 3.8) is 0 Å². The molecule has 106 valence electrons. The lowest BCUT2D eigenvalue weighted by Crippen LogP contribution is -2.21. The summed E-state index contributed by atoms with van der Waals surface area (Å²) in [6.45, 7) is 5.19. The lowest BCUT2D eigenvalue weighted by Gasteiger charge is -2.17. The van der Waals surface area contributed by atoms with E-state index in [1.165, 1.54) is 11.3 Å². The SMILES string of the molecule is CCc1nc(CC)n(C2CCc3ccccc3NC2)n1. The van der Waals surface area contributed by atoms with Gasteiger partial charge in [0.05, 0.1) is 6.04 Å². The van der Waals surface area contributed by atoms with E-state index in [9.17, 15) is 0 Å². The quantitative estimate of drug-likeness (QED) is 0.932. The number of aromatic nitrogens is 3. The number of benzene rings is 1. The van der Waals surface area contributed by atoms with Crippen molar-refractivity contribution in [1.82, 2.24) is 14.8 Å². The minimum atomic E-state index is 0.394. The Bertz CT molecular complexity index is 561. The molecule has 4 nitrogen and oxygen atoms in total. The predicted octanol–water partition coefficient (Wildman–Crippen LogP) is 3.00. The molecule has 1 aromatic heterocycles. The molecule has 1 unspecified atom stereocenters. The van der Waals surface area contributed by atoms with Gasteiger partial charge in [-0.2, -0.15) is 5.10 Å². The maximum atomic E-state index is 4.69. The van der Waals surface area contributed by atoms with Crippen LogP contribution in [0.3, 0.4) is 0 Å². The monoisotopic (exact) mass is 270 g/mol. The van der Waals surface area contributed by atoms with Gasteiger partial charge in [-0.3, -0.25) is 0 Å². The van der Waals surface area contributed by atoms with Crippen LogP contribution in [0.1, 0.15) is 43.5 Å². The lowest BCUT2D eigenvalue weighted by molar-refractivity contribution is 0.431. The van der Waals surface area contributed by atoms with Crippen molar-refractivity contribution >= 4 is 5.69 Å². The largest absolute Gasteiger partial charge is 0.383 e. The van der Waals surface area contributed by atoms with Crippen LogP contribution in [0.25, 0.3) is 0 Å². The fourth-order valence-corrected chi connectivity index (χ4v) is 2.86. The Morgan fingerprint density at radius 3 is 2.90 bits per heavy atom. The Balaban J connectivity index is 1.84. The van der Waals surface area contributed by atoms with Crippen LogP contribution < -0.4 is 5.32 Å². The second kappa shape index (κ2) is 5.65. The van der Waals surface area contributed by atoms with Crippen LogP contribution in [0.15, 0.2) is 24.3 Å². The minimum absolute atomic E-state index is 0.394. The molecule has 0 saturated heterocycles. The van der Waals surface area contributed by atoms with E-state index in [2.05, 4.69) is 53.1 Å². The summed E-state index contributed by atoms with van der Waals surface area (Å²) in [6.07, 6.45) is 4.05. The summed E-state index contributed by atoms with van der Waals surface area (Å²) in [4.78, 5) is 4.63. The summed E-state index contributed by atoms with van der Waals surface area (Å²) in [5, 5.41) is 8.26. The third kappa shape index (κ3) is 2.42. The number of hydrogen-bond acceptors (Lipinski definition) is 3. The third-order valence-corrected chi connectivity index (χ3v) is 4.02. The standard InChI is InChI=1S/C16H22N4/c1-3-15-18-16(4-2)20(19-15)13-10-9-12-7-5-6-8-14(12)17-11-13/h5-8,13,17H,3-4,9-11H2,1-2H3. The van der Waals surface area contributed by atoms with Gasteiger partial charge in [0.2, 0.25) is 0 Å². The highest BCUT2D eigenvalue weighted by molar-refractivity contribution is 5.52. The molecule has 0 aliphatic carbocycles. The first-order valence-electron chi connectivity index (χ1n) is 7.57. The van der Waals surface area contributed by atoms with E-state index in [0.29, 0.717) is 6.04 Å². The van der Waals surface area contributed by atoms with Gasteiger partial charge < -0.3 is 5.32 Å². The summed E-state index contributed by atoms with van der Waals surface area (Å²) >= 11 is 0. The van der Waals surface area contributed by atoms with Gasteiger partial charge in [0.1, 0.15) is 5.82 Å². The van der Waals surface area contributed by atoms with Crippen LogP contribution in [0.4, 0.5) is 5.69 Å². The maximum Gasteiger partial charge on any atom is 0.150 e. The molecule has 1 aromatic carbocycles. The fraction of sp³-hybridized carbons (Fsp3) is 0.500. The zero-order chi connectivity index (χ0) is 13.9. The van der Waals surface area contributed by atoms with Crippen molar-refractivity contribution in [3.05, 3.63) is 41.5 Å². The average molecular weight is 270 g/mol. The van der Waals surface area contributed by atoms with Crippen LogP contribution in [-0.4, -0.2) is 21.3 Å². The zero-order valence-electron chi connectivity index (χ0n) is 12.3. The van der Waals surface area contributed by atoms with Crippen LogP contribution in [0.5, 0.6) is 0 Å². The molecule has 1 atom stereocenters. The number of rotatable bonds is 3. The molecule has 0 fully saturated rings. The predicted molar refractivity (Wildman–Crippen MR) is 81.1 cm³/mol. The van der Waals surface area contributed by atoms with E-state index in [-0.39, 0.29) is 0 Å². The van der Waals surface area contributed by atoms with Crippen molar-refractivity contribution in [2.75, 3.05) is 11.9 Å². The van der Waals surface area contributed by atoms with Gasteiger partial charge in [0.25, 0.3) is 0 Å².